The van der Waals surface area contributed by atoms with Gasteiger partial charge in [0.25, 0.3) is 0 Å². The lowest BCUT2D eigenvalue weighted by atomic mass is 10.0. The van der Waals surface area contributed by atoms with Crippen molar-refractivity contribution in [3.8, 4) is 0 Å². The van der Waals surface area contributed by atoms with Gasteiger partial charge in [-0.2, -0.15) is 0 Å². The Labute approximate surface area is 79.6 Å². The van der Waals surface area contributed by atoms with Crippen molar-refractivity contribution in [1.82, 2.24) is 0 Å². The smallest absolute Gasteiger partial charge is 0.00581 e. The number of hydrogen-bond acceptors (Lipinski definition) is 0. The number of allylic oxidation sites excluding steroid dienone is 4. The Balaban J connectivity index is 2.36. The Morgan fingerprint density at radius 2 is 1.69 bits per heavy atom. The Hall–Kier alpha value is -1.30. The molecule has 0 fully saturated rings. The highest BCUT2D eigenvalue weighted by Gasteiger charge is 2.10. The van der Waals surface area contributed by atoms with Crippen molar-refractivity contribution < 1.29 is 0 Å². The zero-order valence-electron chi connectivity index (χ0n) is 8.17. The number of rotatable bonds is 1. The van der Waals surface area contributed by atoms with Gasteiger partial charge in [0.1, 0.15) is 0 Å². The molecular formula is C13H14. The Morgan fingerprint density at radius 1 is 1.00 bits per heavy atom. The van der Waals surface area contributed by atoms with Crippen LogP contribution in [-0.4, -0.2) is 0 Å². The van der Waals surface area contributed by atoms with E-state index in [9.17, 15) is 0 Å². The van der Waals surface area contributed by atoms with Crippen LogP contribution >= 0.6 is 0 Å². The molecule has 1 aromatic rings. The average Bonchev–Trinajstić information content (AvgIpc) is 2.47. The third kappa shape index (κ3) is 1.57. The van der Waals surface area contributed by atoms with Gasteiger partial charge in [-0.05, 0) is 37.0 Å². The van der Waals surface area contributed by atoms with Gasteiger partial charge in [0.15, 0.2) is 0 Å². The molecule has 0 atom stereocenters. The summed E-state index contributed by atoms with van der Waals surface area (Å²) in [6.45, 7) is 4.39. The third-order valence-corrected chi connectivity index (χ3v) is 2.52. The molecule has 0 aromatic heterocycles. The lowest BCUT2D eigenvalue weighted by molar-refractivity contribution is 1.26. The summed E-state index contributed by atoms with van der Waals surface area (Å²) in [5.41, 5.74) is 5.74. The van der Waals surface area contributed by atoms with E-state index >= 15 is 0 Å². The van der Waals surface area contributed by atoms with Gasteiger partial charge in [0.2, 0.25) is 0 Å². The molecule has 2 rings (SSSR count). The summed E-state index contributed by atoms with van der Waals surface area (Å²) in [6.07, 6.45) is 3.40. The highest BCUT2D eigenvalue weighted by molar-refractivity contribution is 5.75. The second-order valence-electron chi connectivity index (χ2n) is 3.70. The minimum atomic E-state index is 1.12. The van der Waals surface area contributed by atoms with Gasteiger partial charge in [-0.1, -0.05) is 42.0 Å². The van der Waals surface area contributed by atoms with E-state index in [4.69, 9.17) is 0 Å². The van der Waals surface area contributed by atoms with E-state index in [1.165, 1.54) is 22.3 Å². The van der Waals surface area contributed by atoms with Crippen molar-refractivity contribution in [2.75, 3.05) is 0 Å². The molecule has 13 heavy (non-hydrogen) atoms. The molecule has 0 heteroatoms. The first-order valence-electron chi connectivity index (χ1n) is 4.70. The summed E-state index contributed by atoms with van der Waals surface area (Å²) in [5, 5.41) is 0. The summed E-state index contributed by atoms with van der Waals surface area (Å²) in [5.74, 6) is 0. The Bertz CT molecular complexity index is 366. The first-order chi connectivity index (χ1) is 6.27. The maximum Gasteiger partial charge on any atom is -0.00581 e. The van der Waals surface area contributed by atoms with Gasteiger partial charge in [0, 0.05) is 0 Å². The fourth-order valence-corrected chi connectivity index (χ4v) is 1.90. The second-order valence-corrected chi connectivity index (χ2v) is 3.70. The van der Waals surface area contributed by atoms with Gasteiger partial charge in [0.05, 0.1) is 0 Å². The predicted molar refractivity (Wildman–Crippen MR) is 57.4 cm³/mol. The largest absolute Gasteiger partial charge is 0.0686 e. The molecule has 0 N–H and O–H groups in total. The fraction of sp³-hybridized carbons (Fsp3) is 0.231. The molecular weight excluding hydrogens is 156 g/mol. The van der Waals surface area contributed by atoms with Crippen LogP contribution < -0.4 is 0 Å². The lowest BCUT2D eigenvalue weighted by Gasteiger charge is -2.03. The van der Waals surface area contributed by atoms with Crippen LogP contribution in [0.15, 0.2) is 47.6 Å². The average molecular weight is 170 g/mol. The van der Waals surface area contributed by atoms with E-state index < -0.39 is 0 Å². The van der Waals surface area contributed by atoms with Crippen molar-refractivity contribution in [2.24, 2.45) is 0 Å². The predicted octanol–water partition coefficient (Wildman–Crippen LogP) is 3.81. The maximum absolute atomic E-state index is 2.28. The van der Waals surface area contributed by atoms with Crippen LogP contribution in [0.1, 0.15) is 25.8 Å². The molecule has 0 amide bonds. The number of hydrogen-bond donors (Lipinski definition) is 0. The summed E-state index contributed by atoms with van der Waals surface area (Å²) in [6, 6.07) is 10.6. The monoisotopic (exact) mass is 170 g/mol. The fourth-order valence-electron chi connectivity index (χ4n) is 1.90. The van der Waals surface area contributed by atoms with Crippen LogP contribution in [0.5, 0.6) is 0 Å². The molecule has 1 aliphatic carbocycles. The van der Waals surface area contributed by atoms with E-state index in [1.807, 2.05) is 0 Å². The van der Waals surface area contributed by atoms with Gasteiger partial charge < -0.3 is 0 Å². The molecule has 0 saturated carbocycles. The van der Waals surface area contributed by atoms with Gasteiger partial charge in [-0.15, -0.1) is 0 Å². The van der Waals surface area contributed by atoms with Crippen LogP contribution in [0.4, 0.5) is 0 Å². The van der Waals surface area contributed by atoms with E-state index in [2.05, 4.69) is 50.3 Å². The molecule has 0 aliphatic heterocycles. The molecule has 0 radical (unpaired) electrons. The van der Waals surface area contributed by atoms with Crippen LogP contribution in [0.2, 0.25) is 0 Å². The highest BCUT2D eigenvalue weighted by Crippen LogP contribution is 2.32. The zero-order chi connectivity index (χ0) is 9.26. The van der Waals surface area contributed by atoms with Crippen LogP contribution in [0.3, 0.4) is 0 Å². The van der Waals surface area contributed by atoms with E-state index in [1.54, 1.807) is 0 Å². The van der Waals surface area contributed by atoms with Crippen LogP contribution in [-0.2, 0) is 0 Å². The van der Waals surface area contributed by atoms with E-state index in [-0.39, 0.29) is 0 Å². The molecule has 1 aromatic carbocycles. The molecule has 66 valence electrons. The standard InChI is InChI=1S/C13H14/c1-10-8-11(2)13(9-10)12-6-4-3-5-7-12/h3-8H,9H2,1-2H3. The summed E-state index contributed by atoms with van der Waals surface area (Å²) < 4.78 is 0. The second kappa shape index (κ2) is 3.21. The third-order valence-electron chi connectivity index (χ3n) is 2.52. The van der Waals surface area contributed by atoms with Crippen molar-refractivity contribution in [3.05, 3.63) is 53.1 Å². The Kier molecular flexibility index (Phi) is 2.05. The molecule has 0 bridgehead atoms. The van der Waals surface area contributed by atoms with Gasteiger partial charge >= 0.3 is 0 Å². The Morgan fingerprint density at radius 3 is 2.23 bits per heavy atom. The maximum atomic E-state index is 2.28. The zero-order valence-corrected chi connectivity index (χ0v) is 8.17. The summed E-state index contributed by atoms with van der Waals surface area (Å²) in [7, 11) is 0. The summed E-state index contributed by atoms with van der Waals surface area (Å²) in [4.78, 5) is 0. The van der Waals surface area contributed by atoms with Crippen LogP contribution in [0.25, 0.3) is 5.57 Å². The van der Waals surface area contributed by atoms with Crippen molar-refractivity contribution in [3.63, 3.8) is 0 Å². The topological polar surface area (TPSA) is 0 Å². The SMILES string of the molecule is CC1=CC(C)=C(c2ccccc2)C1. The highest BCUT2D eigenvalue weighted by atomic mass is 14.2. The first kappa shape index (κ1) is 8.31. The minimum Gasteiger partial charge on any atom is -0.0686 e. The van der Waals surface area contributed by atoms with Gasteiger partial charge in [-0.3, -0.25) is 0 Å². The molecule has 0 saturated heterocycles. The number of benzene rings is 1. The quantitative estimate of drug-likeness (QED) is 0.601. The van der Waals surface area contributed by atoms with E-state index in [0.717, 1.165) is 6.42 Å². The molecule has 0 nitrogen and oxygen atoms in total. The molecule has 0 spiro atoms. The molecule has 1 aliphatic rings. The van der Waals surface area contributed by atoms with E-state index in [0.29, 0.717) is 0 Å². The van der Waals surface area contributed by atoms with Crippen molar-refractivity contribution in [2.45, 2.75) is 20.3 Å². The summed E-state index contributed by atoms with van der Waals surface area (Å²) >= 11 is 0. The lowest BCUT2D eigenvalue weighted by Crippen LogP contribution is -1.82. The van der Waals surface area contributed by atoms with Crippen molar-refractivity contribution >= 4 is 5.57 Å². The minimum absolute atomic E-state index is 1.12. The van der Waals surface area contributed by atoms with Crippen LogP contribution in [0, 0.1) is 0 Å². The normalized spacial score (nSPS) is 16.3. The molecule has 0 heterocycles. The van der Waals surface area contributed by atoms with Gasteiger partial charge in [-0.25, -0.2) is 0 Å². The van der Waals surface area contributed by atoms with Crippen molar-refractivity contribution in [1.29, 1.82) is 0 Å². The first-order valence-corrected chi connectivity index (χ1v) is 4.70. The molecule has 0 unspecified atom stereocenters.